The van der Waals surface area contributed by atoms with Crippen LogP contribution in [0.3, 0.4) is 0 Å². The number of benzene rings is 2. The number of carbonyl (C=O) groups is 3. The van der Waals surface area contributed by atoms with Gasteiger partial charge in [0.15, 0.2) is 5.78 Å². The molecule has 0 N–H and O–H groups in total. The molecule has 0 heterocycles. The Hall–Kier alpha value is -3.41. The molecule has 40 heavy (non-hydrogen) atoms. The molecule has 0 atom stereocenters. The zero-order valence-corrected chi connectivity index (χ0v) is 26.2. The van der Waals surface area contributed by atoms with Crippen LogP contribution in [0.5, 0.6) is 17.2 Å². The number of hydrogen-bond acceptors (Lipinski definition) is 6. The first-order valence-electron chi connectivity index (χ1n) is 14.0. The van der Waals surface area contributed by atoms with E-state index in [1.54, 1.807) is 71.9 Å². The molecule has 0 saturated heterocycles. The van der Waals surface area contributed by atoms with Crippen molar-refractivity contribution in [1.29, 1.82) is 0 Å². The Bertz CT molecular complexity index is 1250. The lowest BCUT2D eigenvalue weighted by molar-refractivity contribution is -0.143. The SMILES string of the molecule is CC(C)Oc1c(C(C)C)cc(C(C)C)c(OC(=O)C(C)(C)C)c1/C=C/C(=O)c1ccc(OC(=O)C(C)(C)C)cc1. The summed E-state index contributed by atoms with van der Waals surface area (Å²) in [5.74, 6) is 0.581. The topological polar surface area (TPSA) is 78.9 Å². The van der Waals surface area contributed by atoms with Crippen LogP contribution in [-0.2, 0) is 9.59 Å². The molecule has 218 valence electrons. The van der Waals surface area contributed by atoms with Gasteiger partial charge in [0.2, 0.25) is 0 Å². The quantitative estimate of drug-likeness (QED) is 0.135. The average Bonchev–Trinajstić information content (AvgIpc) is 2.81. The van der Waals surface area contributed by atoms with Crippen molar-refractivity contribution >= 4 is 23.8 Å². The molecule has 0 unspecified atom stereocenters. The normalized spacial score (nSPS) is 12.4. The molecule has 2 rings (SSSR count). The van der Waals surface area contributed by atoms with Gasteiger partial charge in [0.05, 0.1) is 22.5 Å². The summed E-state index contributed by atoms with van der Waals surface area (Å²) in [6.45, 7) is 22.9. The lowest BCUT2D eigenvalue weighted by atomic mass is 9.89. The third-order valence-corrected chi connectivity index (χ3v) is 6.09. The molecule has 0 saturated carbocycles. The maximum Gasteiger partial charge on any atom is 0.316 e. The standard InChI is InChI=1S/C34H46O6/c1-20(2)26-19-27(21(3)4)30(40-32(37)34(10,11)12)25(29(26)38-22(5)6)17-18-28(35)23-13-15-24(16-14-23)39-31(36)33(7,8)9/h13-22H,1-12H3/b18-17+. The number of rotatable bonds is 9. The summed E-state index contributed by atoms with van der Waals surface area (Å²) in [7, 11) is 0. The van der Waals surface area contributed by atoms with E-state index in [2.05, 4.69) is 19.9 Å². The van der Waals surface area contributed by atoms with Crippen LogP contribution in [0, 0.1) is 10.8 Å². The molecule has 0 fully saturated rings. The first-order valence-corrected chi connectivity index (χ1v) is 14.0. The van der Waals surface area contributed by atoms with Crippen molar-refractivity contribution in [3.63, 3.8) is 0 Å². The molecule has 0 radical (unpaired) electrons. The van der Waals surface area contributed by atoms with Crippen LogP contribution in [-0.4, -0.2) is 23.8 Å². The molecular weight excluding hydrogens is 504 g/mol. The second kappa shape index (κ2) is 12.8. The highest BCUT2D eigenvalue weighted by atomic mass is 16.5. The third-order valence-electron chi connectivity index (χ3n) is 6.09. The molecule has 6 heteroatoms. The second-order valence-electron chi connectivity index (χ2n) is 13.1. The van der Waals surface area contributed by atoms with Crippen LogP contribution in [0.1, 0.15) is 122 Å². The molecular formula is C34H46O6. The summed E-state index contributed by atoms with van der Waals surface area (Å²) in [5.41, 5.74) is 1.47. The van der Waals surface area contributed by atoms with Crippen LogP contribution in [0.15, 0.2) is 36.4 Å². The van der Waals surface area contributed by atoms with Crippen LogP contribution in [0.4, 0.5) is 0 Å². The molecule has 0 aromatic heterocycles. The van der Waals surface area contributed by atoms with Crippen molar-refractivity contribution in [3.05, 3.63) is 58.7 Å². The first kappa shape index (κ1) is 32.8. The zero-order chi connectivity index (χ0) is 30.6. The van der Waals surface area contributed by atoms with Gasteiger partial charge in [-0.25, -0.2) is 0 Å². The van der Waals surface area contributed by atoms with Gasteiger partial charge in [-0.1, -0.05) is 27.7 Å². The van der Waals surface area contributed by atoms with Gasteiger partial charge < -0.3 is 14.2 Å². The number of allylic oxidation sites excluding steroid dienone is 1. The van der Waals surface area contributed by atoms with Crippen LogP contribution in [0.2, 0.25) is 0 Å². The van der Waals surface area contributed by atoms with Gasteiger partial charge in [-0.15, -0.1) is 0 Å². The Morgan fingerprint density at radius 1 is 0.700 bits per heavy atom. The van der Waals surface area contributed by atoms with Crippen molar-refractivity contribution in [2.75, 3.05) is 0 Å². The molecule has 2 aromatic rings. The first-order chi connectivity index (χ1) is 18.3. The highest BCUT2D eigenvalue weighted by Crippen LogP contribution is 2.44. The van der Waals surface area contributed by atoms with E-state index in [9.17, 15) is 14.4 Å². The average molecular weight is 551 g/mol. The lowest BCUT2D eigenvalue weighted by Gasteiger charge is -2.26. The van der Waals surface area contributed by atoms with Gasteiger partial charge >= 0.3 is 11.9 Å². The van der Waals surface area contributed by atoms with E-state index >= 15 is 0 Å². The Morgan fingerprint density at radius 3 is 1.62 bits per heavy atom. The number of carbonyl (C=O) groups excluding carboxylic acids is 3. The van der Waals surface area contributed by atoms with E-state index in [1.807, 2.05) is 27.7 Å². The number of esters is 2. The molecule has 0 spiro atoms. The van der Waals surface area contributed by atoms with E-state index in [-0.39, 0.29) is 35.7 Å². The second-order valence-corrected chi connectivity index (χ2v) is 13.1. The minimum Gasteiger partial charge on any atom is -0.490 e. The molecule has 0 aliphatic carbocycles. The molecule has 6 nitrogen and oxygen atoms in total. The van der Waals surface area contributed by atoms with Crippen molar-refractivity contribution in [2.45, 2.75) is 101 Å². The van der Waals surface area contributed by atoms with Crippen molar-refractivity contribution < 1.29 is 28.6 Å². The van der Waals surface area contributed by atoms with Gasteiger partial charge in [-0.05, 0) is 121 Å². The summed E-state index contributed by atoms with van der Waals surface area (Å²) < 4.78 is 17.8. The minimum atomic E-state index is -0.723. The summed E-state index contributed by atoms with van der Waals surface area (Å²) >= 11 is 0. The van der Waals surface area contributed by atoms with E-state index in [0.29, 0.717) is 28.4 Å². The smallest absolute Gasteiger partial charge is 0.316 e. The predicted molar refractivity (Wildman–Crippen MR) is 160 cm³/mol. The number of ether oxygens (including phenoxy) is 3. The maximum absolute atomic E-state index is 13.2. The van der Waals surface area contributed by atoms with E-state index in [0.717, 1.165) is 11.1 Å². The molecule has 2 aromatic carbocycles. The highest BCUT2D eigenvalue weighted by molar-refractivity contribution is 6.07. The Kier molecular flexibility index (Phi) is 10.5. The third kappa shape index (κ3) is 8.54. The fourth-order valence-corrected chi connectivity index (χ4v) is 3.65. The summed E-state index contributed by atoms with van der Waals surface area (Å²) in [6, 6.07) is 8.49. The highest BCUT2D eigenvalue weighted by Gasteiger charge is 2.29. The van der Waals surface area contributed by atoms with E-state index < -0.39 is 10.8 Å². The minimum absolute atomic E-state index is 0.0552. The van der Waals surface area contributed by atoms with Gasteiger partial charge in [0.25, 0.3) is 0 Å². The molecule has 0 amide bonds. The largest absolute Gasteiger partial charge is 0.490 e. The predicted octanol–water partition coefficient (Wildman–Crippen LogP) is 8.52. The van der Waals surface area contributed by atoms with Gasteiger partial charge in [0.1, 0.15) is 17.2 Å². The van der Waals surface area contributed by atoms with Crippen molar-refractivity contribution in [2.24, 2.45) is 10.8 Å². The van der Waals surface area contributed by atoms with Crippen molar-refractivity contribution in [3.8, 4) is 17.2 Å². The summed E-state index contributed by atoms with van der Waals surface area (Å²) in [5, 5.41) is 0. The fraction of sp³-hybridized carbons (Fsp3) is 0.500. The van der Waals surface area contributed by atoms with Gasteiger partial charge in [0, 0.05) is 5.56 Å². The number of hydrogen-bond donors (Lipinski definition) is 0. The molecule has 0 bridgehead atoms. The molecule has 0 aliphatic heterocycles. The van der Waals surface area contributed by atoms with Crippen molar-refractivity contribution in [1.82, 2.24) is 0 Å². The summed E-state index contributed by atoms with van der Waals surface area (Å²) in [6.07, 6.45) is 3.00. The van der Waals surface area contributed by atoms with E-state index in [4.69, 9.17) is 14.2 Å². The zero-order valence-electron chi connectivity index (χ0n) is 26.2. The van der Waals surface area contributed by atoms with E-state index in [1.165, 1.54) is 6.08 Å². The maximum atomic E-state index is 13.2. The Balaban J connectivity index is 2.63. The Labute approximate surface area is 240 Å². The fourth-order valence-electron chi connectivity index (χ4n) is 3.65. The molecule has 0 aliphatic rings. The monoisotopic (exact) mass is 550 g/mol. The van der Waals surface area contributed by atoms with Gasteiger partial charge in [-0.3, -0.25) is 14.4 Å². The van der Waals surface area contributed by atoms with Crippen LogP contribution in [0.25, 0.3) is 6.08 Å². The number of ketones is 1. The Morgan fingerprint density at radius 2 is 1.18 bits per heavy atom. The van der Waals surface area contributed by atoms with Crippen LogP contribution < -0.4 is 14.2 Å². The van der Waals surface area contributed by atoms with Gasteiger partial charge in [-0.2, -0.15) is 0 Å². The summed E-state index contributed by atoms with van der Waals surface area (Å²) in [4.78, 5) is 38.5. The van der Waals surface area contributed by atoms with Crippen LogP contribution >= 0.6 is 0 Å². The lowest BCUT2D eigenvalue weighted by Crippen LogP contribution is -2.26.